The van der Waals surface area contributed by atoms with Gasteiger partial charge in [-0.2, -0.15) is 0 Å². The molecule has 1 fully saturated rings. The van der Waals surface area contributed by atoms with Gasteiger partial charge in [0.1, 0.15) is 5.82 Å². The summed E-state index contributed by atoms with van der Waals surface area (Å²) in [4.78, 5) is 12.3. The molecule has 1 N–H and O–H groups in total. The molecule has 8 heteroatoms. The summed E-state index contributed by atoms with van der Waals surface area (Å²) >= 11 is 7.58. The first kappa shape index (κ1) is 19.9. The van der Waals surface area contributed by atoms with Crippen molar-refractivity contribution in [2.75, 3.05) is 5.75 Å². The molecule has 4 rings (SSSR count). The van der Waals surface area contributed by atoms with Gasteiger partial charge in [-0.3, -0.25) is 9.36 Å². The highest BCUT2D eigenvalue weighted by atomic mass is 35.5. The van der Waals surface area contributed by atoms with E-state index < -0.39 is 5.82 Å². The third kappa shape index (κ3) is 4.46. The molecule has 1 amide bonds. The van der Waals surface area contributed by atoms with Crippen LogP contribution in [0.5, 0.6) is 0 Å². The van der Waals surface area contributed by atoms with Gasteiger partial charge in [0.2, 0.25) is 5.91 Å². The zero-order valence-electron chi connectivity index (χ0n) is 15.6. The molecule has 150 valence electrons. The van der Waals surface area contributed by atoms with Gasteiger partial charge in [0.25, 0.3) is 0 Å². The zero-order chi connectivity index (χ0) is 20.2. The molecule has 0 radical (unpaired) electrons. The highest BCUT2D eigenvalue weighted by Crippen LogP contribution is 2.32. The van der Waals surface area contributed by atoms with E-state index in [2.05, 4.69) is 15.5 Å². The second-order valence-electron chi connectivity index (χ2n) is 6.91. The lowest BCUT2D eigenvalue weighted by atomic mass is 10.2. The number of hydrogen-bond acceptors (Lipinski definition) is 4. The first-order valence-corrected chi connectivity index (χ1v) is 10.9. The molecule has 1 aliphatic rings. The monoisotopic (exact) mass is 430 g/mol. The van der Waals surface area contributed by atoms with Gasteiger partial charge in [-0.1, -0.05) is 60.5 Å². The van der Waals surface area contributed by atoms with Crippen LogP contribution in [0.25, 0.3) is 17.1 Å². The van der Waals surface area contributed by atoms with Crippen molar-refractivity contribution in [3.8, 4) is 17.1 Å². The minimum Gasteiger partial charge on any atom is -0.353 e. The van der Waals surface area contributed by atoms with Crippen LogP contribution in [0.15, 0.2) is 53.7 Å². The molecular weight excluding hydrogens is 411 g/mol. The van der Waals surface area contributed by atoms with Crippen LogP contribution < -0.4 is 5.32 Å². The Hall–Kier alpha value is -2.38. The van der Waals surface area contributed by atoms with Gasteiger partial charge in [0.15, 0.2) is 11.0 Å². The number of nitrogens with one attached hydrogen (secondary N) is 1. The Bertz CT molecular complexity index is 1020. The molecule has 3 aromatic rings. The number of halogens is 2. The number of para-hydroxylation sites is 1. The van der Waals surface area contributed by atoms with E-state index in [9.17, 15) is 9.18 Å². The van der Waals surface area contributed by atoms with Gasteiger partial charge in [0.05, 0.1) is 16.5 Å². The number of rotatable bonds is 6. The summed E-state index contributed by atoms with van der Waals surface area (Å²) < 4.78 is 16.2. The molecule has 1 aromatic heterocycles. The highest BCUT2D eigenvalue weighted by molar-refractivity contribution is 7.99. The van der Waals surface area contributed by atoms with Gasteiger partial charge < -0.3 is 5.32 Å². The Morgan fingerprint density at radius 3 is 2.62 bits per heavy atom. The van der Waals surface area contributed by atoms with Crippen molar-refractivity contribution in [1.29, 1.82) is 0 Å². The van der Waals surface area contributed by atoms with Crippen molar-refractivity contribution in [1.82, 2.24) is 20.1 Å². The van der Waals surface area contributed by atoms with Crippen LogP contribution in [-0.4, -0.2) is 32.5 Å². The molecule has 0 bridgehead atoms. The summed E-state index contributed by atoms with van der Waals surface area (Å²) in [5.74, 6) is 0.160. The van der Waals surface area contributed by atoms with Gasteiger partial charge >= 0.3 is 0 Å². The Labute approximate surface area is 177 Å². The van der Waals surface area contributed by atoms with E-state index in [-0.39, 0.29) is 17.7 Å². The van der Waals surface area contributed by atoms with Crippen LogP contribution in [0.1, 0.15) is 25.7 Å². The topological polar surface area (TPSA) is 59.8 Å². The van der Waals surface area contributed by atoms with Crippen LogP contribution in [0.3, 0.4) is 0 Å². The van der Waals surface area contributed by atoms with E-state index in [0.717, 1.165) is 25.7 Å². The predicted molar refractivity (Wildman–Crippen MR) is 113 cm³/mol. The van der Waals surface area contributed by atoms with E-state index in [0.29, 0.717) is 27.3 Å². The van der Waals surface area contributed by atoms with E-state index in [1.807, 2.05) is 18.2 Å². The van der Waals surface area contributed by atoms with Crippen LogP contribution >= 0.6 is 23.4 Å². The van der Waals surface area contributed by atoms with Crippen LogP contribution in [0.4, 0.5) is 4.39 Å². The molecule has 1 saturated carbocycles. The number of hydrogen-bond donors (Lipinski definition) is 1. The summed E-state index contributed by atoms with van der Waals surface area (Å²) in [6, 6.07) is 13.9. The summed E-state index contributed by atoms with van der Waals surface area (Å²) in [5.41, 5.74) is 0.957. The lowest BCUT2D eigenvalue weighted by molar-refractivity contribution is -0.119. The number of amides is 1. The Morgan fingerprint density at radius 2 is 1.86 bits per heavy atom. The maximum atomic E-state index is 14.6. The molecule has 2 aromatic carbocycles. The third-order valence-electron chi connectivity index (χ3n) is 4.89. The van der Waals surface area contributed by atoms with Crippen molar-refractivity contribution in [3.05, 3.63) is 59.4 Å². The van der Waals surface area contributed by atoms with Crippen molar-refractivity contribution in [3.63, 3.8) is 0 Å². The van der Waals surface area contributed by atoms with Crippen molar-refractivity contribution in [2.45, 2.75) is 36.9 Å². The molecule has 29 heavy (non-hydrogen) atoms. The average Bonchev–Trinajstić information content (AvgIpc) is 3.37. The first-order valence-electron chi connectivity index (χ1n) is 9.51. The van der Waals surface area contributed by atoms with Gasteiger partial charge in [0, 0.05) is 11.6 Å². The number of carbonyl (C=O) groups excluding carboxylic acids is 1. The number of benzene rings is 2. The van der Waals surface area contributed by atoms with Gasteiger partial charge in [-0.25, -0.2) is 4.39 Å². The smallest absolute Gasteiger partial charge is 0.230 e. The number of nitrogens with zero attached hydrogens (tertiary/aromatic N) is 3. The molecule has 0 aliphatic heterocycles. The minimum atomic E-state index is -0.405. The second kappa shape index (κ2) is 8.97. The number of carbonyl (C=O) groups is 1. The molecule has 0 unspecified atom stereocenters. The maximum Gasteiger partial charge on any atom is 0.230 e. The fourth-order valence-corrected chi connectivity index (χ4v) is 4.48. The Balaban J connectivity index is 1.64. The summed E-state index contributed by atoms with van der Waals surface area (Å²) in [5, 5.41) is 12.5. The minimum absolute atomic E-state index is 0.0516. The van der Waals surface area contributed by atoms with Gasteiger partial charge in [-0.05, 0) is 37.1 Å². The quantitative estimate of drug-likeness (QED) is 0.566. The molecule has 5 nitrogen and oxygen atoms in total. The van der Waals surface area contributed by atoms with Crippen molar-refractivity contribution >= 4 is 29.3 Å². The van der Waals surface area contributed by atoms with E-state index >= 15 is 0 Å². The highest BCUT2D eigenvalue weighted by Gasteiger charge is 2.22. The van der Waals surface area contributed by atoms with Gasteiger partial charge in [-0.15, -0.1) is 10.2 Å². The van der Waals surface area contributed by atoms with E-state index in [1.165, 1.54) is 17.8 Å². The fourth-order valence-electron chi connectivity index (χ4n) is 3.50. The lowest BCUT2D eigenvalue weighted by Gasteiger charge is -2.13. The van der Waals surface area contributed by atoms with Crippen LogP contribution in [0.2, 0.25) is 5.02 Å². The van der Waals surface area contributed by atoms with Crippen LogP contribution in [-0.2, 0) is 4.79 Å². The second-order valence-corrected chi connectivity index (χ2v) is 8.26. The Kier molecular flexibility index (Phi) is 6.16. The molecule has 1 aliphatic carbocycles. The molecule has 0 saturated heterocycles. The standard InChI is InChI=1S/C21H20ClFN4OS/c22-16-10-4-3-9-15(16)20-25-26-21(27(20)18-12-6-5-11-17(18)23)29-13-19(28)24-14-7-1-2-8-14/h3-6,9-12,14H,1-2,7-8,13H2,(H,24,28). The summed E-state index contributed by atoms with van der Waals surface area (Å²) in [6.45, 7) is 0. The van der Waals surface area contributed by atoms with Crippen molar-refractivity contribution < 1.29 is 9.18 Å². The normalized spacial score (nSPS) is 14.3. The molecule has 0 spiro atoms. The summed E-state index contributed by atoms with van der Waals surface area (Å²) in [6.07, 6.45) is 4.36. The molecule has 1 heterocycles. The zero-order valence-corrected chi connectivity index (χ0v) is 17.2. The lowest BCUT2D eigenvalue weighted by Crippen LogP contribution is -2.33. The van der Waals surface area contributed by atoms with E-state index in [4.69, 9.17) is 11.6 Å². The maximum absolute atomic E-state index is 14.6. The molecular formula is C21H20ClFN4OS. The summed E-state index contributed by atoms with van der Waals surface area (Å²) in [7, 11) is 0. The Morgan fingerprint density at radius 1 is 1.14 bits per heavy atom. The third-order valence-corrected chi connectivity index (χ3v) is 6.15. The fraction of sp³-hybridized carbons (Fsp3) is 0.286. The molecule has 0 atom stereocenters. The predicted octanol–water partition coefficient (Wildman–Crippen LogP) is 4.88. The average molecular weight is 431 g/mol. The largest absolute Gasteiger partial charge is 0.353 e. The van der Waals surface area contributed by atoms with Crippen molar-refractivity contribution in [2.24, 2.45) is 0 Å². The first-order chi connectivity index (χ1) is 14.1. The van der Waals surface area contributed by atoms with E-state index in [1.54, 1.807) is 28.8 Å². The SMILES string of the molecule is O=C(CSc1nnc(-c2ccccc2Cl)n1-c1ccccc1F)NC1CCCC1. The number of aromatic nitrogens is 3. The van der Waals surface area contributed by atoms with Crippen LogP contribution in [0, 0.1) is 5.82 Å². The number of thioether (sulfide) groups is 1.